The van der Waals surface area contributed by atoms with Crippen molar-refractivity contribution in [1.29, 1.82) is 0 Å². The highest BCUT2D eigenvalue weighted by Gasteiger charge is 2.15. The molecule has 1 aromatic heterocycles. The number of rotatable bonds is 2. The molecule has 0 amide bonds. The minimum absolute atomic E-state index is 0.0778. The highest BCUT2D eigenvalue weighted by molar-refractivity contribution is 5.85. The minimum Gasteiger partial charge on any atom is -0.507 e. The molecule has 82 valence electrons. The van der Waals surface area contributed by atoms with E-state index in [-0.39, 0.29) is 11.6 Å². The Morgan fingerprint density at radius 2 is 2.06 bits per heavy atom. The molecule has 0 atom stereocenters. The Kier molecular flexibility index (Phi) is 2.36. The summed E-state index contributed by atoms with van der Waals surface area (Å²) in [5, 5.41) is 18.4. The Hall–Kier alpha value is -2.30. The van der Waals surface area contributed by atoms with E-state index in [2.05, 4.69) is 9.97 Å². The van der Waals surface area contributed by atoms with Crippen LogP contribution in [0.3, 0.4) is 0 Å². The number of carbonyl (C=O) groups is 1. The van der Waals surface area contributed by atoms with Gasteiger partial charge in [-0.15, -0.1) is 0 Å². The molecule has 16 heavy (non-hydrogen) atoms. The van der Waals surface area contributed by atoms with Crippen LogP contribution in [0, 0.1) is 6.92 Å². The highest BCUT2D eigenvalue weighted by Crippen LogP contribution is 2.29. The maximum atomic E-state index is 10.7. The van der Waals surface area contributed by atoms with Gasteiger partial charge in [-0.1, -0.05) is 12.1 Å². The van der Waals surface area contributed by atoms with Crippen LogP contribution in [0.1, 0.15) is 16.3 Å². The van der Waals surface area contributed by atoms with Gasteiger partial charge in [0.2, 0.25) is 5.82 Å². The predicted octanol–water partition coefficient (Wildman–Crippen LogP) is 1.79. The molecule has 0 unspecified atom stereocenters. The zero-order chi connectivity index (χ0) is 11.7. The van der Waals surface area contributed by atoms with Gasteiger partial charge in [-0.2, -0.15) is 0 Å². The number of hydrogen-bond donors (Lipinski definition) is 3. The number of carboxylic acid groups (broad SMARTS) is 1. The second-order valence-electron chi connectivity index (χ2n) is 3.38. The molecule has 0 saturated carbocycles. The van der Waals surface area contributed by atoms with Crippen molar-refractivity contribution < 1.29 is 15.0 Å². The van der Waals surface area contributed by atoms with Gasteiger partial charge in [-0.25, -0.2) is 9.78 Å². The Balaban J connectivity index is 2.57. The van der Waals surface area contributed by atoms with Gasteiger partial charge in [0.05, 0.1) is 5.69 Å². The molecule has 0 saturated heterocycles. The first-order valence-electron chi connectivity index (χ1n) is 4.68. The van der Waals surface area contributed by atoms with Crippen molar-refractivity contribution in [3.8, 4) is 17.0 Å². The van der Waals surface area contributed by atoms with Crippen LogP contribution >= 0.6 is 0 Å². The van der Waals surface area contributed by atoms with Crippen molar-refractivity contribution in [2.24, 2.45) is 0 Å². The second kappa shape index (κ2) is 3.69. The van der Waals surface area contributed by atoms with Crippen LogP contribution in [0.15, 0.2) is 24.3 Å². The van der Waals surface area contributed by atoms with Gasteiger partial charge in [0.15, 0.2) is 0 Å². The third-order valence-electron chi connectivity index (χ3n) is 2.25. The third kappa shape index (κ3) is 1.63. The van der Waals surface area contributed by atoms with Gasteiger partial charge in [0, 0.05) is 11.3 Å². The SMILES string of the molecule is Cc1[nH]c(C(=O)O)nc1-c1ccccc1O. The number of imidazole rings is 1. The lowest BCUT2D eigenvalue weighted by Crippen LogP contribution is -1.98. The number of benzene rings is 1. The first kappa shape index (κ1) is 10.2. The maximum absolute atomic E-state index is 10.7. The number of nitrogens with zero attached hydrogens (tertiary/aromatic N) is 1. The lowest BCUT2D eigenvalue weighted by Gasteiger charge is -2.00. The summed E-state index contributed by atoms with van der Waals surface area (Å²) in [6, 6.07) is 6.66. The van der Waals surface area contributed by atoms with Gasteiger partial charge in [-0.3, -0.25) is 0 Å². The molecule has 0 aliphatic carbocycles. The van der Waals surface area contributed by atoms with Crippen molar-refractivity contribution in [2.45, 2.75) is 6.92 Å². The van der Waals surface area contributed by atoms with Crippen molar-refractivity contribution in [2.75, 3.05) is 0 Å². The van der Waals surface area contributed by atoms with Gasteiger partial charge >= 0.3 is 5.97 Å². The number of phenolic OH excluding ortho intramolecular Hbond substituents is 1. The fraction of sp³-hybridized carbons (Fsp3) is 0.0909. The molecular weight excluding hydrogens is 208 g/mol. The fourth-order valence-corrected chi connectivity index (χ4v) is 1.50. The average molecular weight is 218 g/mol. The summed E-state index contributed by atoms with van der Waals surface area (Å²) >= 11 is 0. The molecule has 3 N–H and O–H groups in total. The first-order valence-corrected chi connectivity index (χ1v) is 4.68. The van der Waals surface area contributed by atoms with Crippen LogP contribution in [0.2, 0.25) is 0 Å². The summed E-state index contributed by atoms with van der Waals surface area (Å²) < 4.78 is 0. The van der Waals surface area contributed by atoms with Crippen molar-refractivity contribution in [3.05, 3.63) is 35.8 Å². The number of aromatic carboxylic acids is 1. The van der Waals surface area contributed by atoms with E-state index in [1.807, 2.05) is 0 Å². The fourth-order valence-electron chi connectivity index (χ4n) is 1.50. The Morgan fingerprint density at radius 1 is 1.38 bits per heavy atom. The molecule has 2 aromatic rings. The van der Waals surface area contributed by atoms with E-state index < -0.39 is 5.97 Å². The number of phenols is 1. The van der Waals surface area contributed by atoms with Gasteiger partial charge in [0.1, 0.15) is 5.75 Å². The van der Waals surface area contributed by atoms with Gasteiger partial charge < -0.3 is 15.2 Å². The average Bonchev–Trinajstić information content (AvgIpc) is 2.61. The van der Waals surface area contributed by atoms with E-state index in [0.717, 1.165) is 0 Å². The smallest absolute Gasteiger partial charge is 0.371 e. The number of carboxylic acids is 1. The van der Waals surface area contributed by atoms with E-state index >= 15 is 0 Å². The lowest BCUT2D eigenvalue weighted by atomic mass is 10.1. The minimum atomic E-state index is -1.12. The van der Waals surface area contributed by atoms with Gasteiger partial charge in [0.25, 0.3) is 0 Å². The number of aryl methyl sites for hydroxylation is 1. The number of aromatic hydroxyl groups is 1. The van der Waals surface area contributed by atoms with E-state index in [9.17, 15) is 9.90 Å². The molecule has 1 heterocycles. The summed E-state index contributed by atoms with van der Waals surface area (Å²) in [6.45, 7) is 1.71. The number of aromatic nitrogens is 2. The van der Waals surface area contributed by atoms with Crippen molar-refractivity contribution in [3.63, 3.8) is 0 Å². The molecule has 2 rings (SSSR count). The zero-order valence-corrected chi connectivity index (χ0v) is 8.56. The molecule has 1 aromatic carbocycles. The first-order chi connectivity index (χ1) is 7.59. The van der Waals surface area contributed by atoms with Crippen LogP contribution in [-0.4, -0.2) is 26.2 Å². The lowest BCUT2D eigenvalue weighted by molar-refractivity contribution is 0.0684. The number of para-hydroxylation sites is 1. The van der Waals surface area contributed by atoms with E-state index in [0.29, 0.717) is 17.0 Å². The summed E-state index contributed by atoms with van der Waals surface area (Å²) in [7, 11) is 0. The molecule has 0 bridgehead atoms. The van der Waals surface area contributed by atoms with Crippen LogP contribution in [0.25, 0.3) is 11.3 Å². The Labute approximate surface area is 91.4 Å². The second-order valence-corrected chi connectivity index (χ2v) is 3.38. The number of H-pyrrole nitrogens is 1. The summed E-state index contributed by atoms with van der Waals surface area (Å²) in [5.41, 5.74) is 1.58. The third-order valence-corrected chi connectivity index (χ3v) is 2.25. The summed E-state index contributed by atoms with van der Waals surface area (Å²) in [4.78, 5) is 17.3. The summed E-state index contributed by atoms with van der Waals surface area (Å²) in [5.74, 6) is -1.17. The normalized spacial score (nSPS) is 10.3. The topological polar surface area (TPSA) is 86.2 Å². The van der Waals surface area contributed by atoms with Gasteiger partial charge in [-0.05, 0) is 19.1 Å². The number of hydrogen-bond acceptors (Lipinski definition) is 3. The molecule has 5 nitrogen and oxygen atoms in total. The Bertz CT molecular complexity index is 546. The Morgan fingerprint density at radius 3 is 2.62 bits per heavy atom. The standard InChI is InChI=1S/C11H10N2O3/c1-6-9(13-10(12-6)11(15)16)7-4-2-3-5-8(7)14/h2-5,14H,1H3,(H,12,13)(H,15,16). The molecule has 5 heteroatoms. The molecule has 0 aliphatic rings. The van der Waals surface area contributed by atoms with E-state index in [1.165, 1.54) is 6.07 Å². The molecule has 0 aliphatic heterocycles. The van der Waals surface area contributed by atoms with E-state index in [4.69, 9.17) is 5.11 Å². The quantitative estimate of drug-likeness (QED) is 0.717. The van der Waals surface area contributed by atoms with Crippen molar-refractivity contribution >= 4 is 5.97 Å². The predicted molar refractivity (Wildman–Crippen MR) is 57.4 cm³/mol. The summed E-state index contributed by atoms with van der Waals surface area (Å²) in [6.07, 6.45) is 0. The van der Waals surface area contributed by atoms with Crippen LogP contribution < -0.4 is 0 Å². The molecule has 0 radical (unpaired) electrons. The van der Waals surface area contributed by atoms with Crippen molar-refractivity contribution in [1.82, 2.24) is 9.97 Å². The highest BCUT2D eigenvalue weighted by atomic mass is 16.4. The molecule has 0 fully saturated rings. The molecule has 0 spiro atoms. The monoisotopic (exact) mass is 218 g/mol. The maximum Gasteiger partial charge on any atom is 0.371 e. The van der Waals surface area contributed by atoms with Crippen LogP contribution in [-0.2, 0) is 0 Å². The number of aromatic amines is 1. The molecular formula is C11H10N2O3. The zero-order valence-electron chi connectivity index (χ0n) is 8.56. The van der Waals surface area contributed by atoms with E-state index in [1.54, 1.807) is 25.1 Å². The number of nitrogens with one attached hydrogen (secondary N) is 1. The van der Waals surface area contributed by atoms with Crippen LogP contribution in [0.5, 0.6) is 5.75 Å². The van der Waals surface area contributed by atoms with Crippen LogP contribution in [0.4, 0.5) is 0 Å². The largest absolute Gasteiger partial charge is 0.507 e.